The van der Waals surface area contributed by atoms with E-state index in [1.807, 2.05) is 25.7 Å². The lowest BCUT2D eigenvalue weighted by atomic mass is 10.2. The number of aromatic nitrogens is 2. The first kappa shape index (κ1) is 20.3. The van der Waals surface area contributed by atoms with E-state index in [2.05, 4.69) is 9.97 Å². The Balaban J connectivity index is 1.97. The zero-order chi connectivity index (χ0) is 19.1. The second kappa shape index (κ2) is 9.59. The molecule has 1 aromatic rings. The van der Waals surface area contributed by atoms with Crippen molar-refractivity contribution in [1.82, 2.24) is 19.8 Å². The Morgan fingerprint density at radius 2 is 1.92 bits per heavy atom. The van der Waals surface area contributed by atoms with Gasteiger partial charge in [-0.3, -0.25) is 14.6 Å². The topological polar surface area (TPSA) is 84.9 Å². The normalized spacial score (nSPS) is 20.1. The van der Waals surface area contributed by atoms with Gasteiger partial charge in [0.2, 0.25) is 5.91 Å². The fourth-order valence-corrected chi connectivity index (χ4v) is 2.95. The molecule has 2 unspecified atom stereocenters. The number of nitrogens with zero attached hydrogens (tertiary/aromatic N) is 4. The van der Waals surface area contributed by atoms with Gasteiger partial charge in [0.1, 0.15) is 5.69 Å². The summed E-state index contributed by atoms with van der Waals surface area (Å²) in [6.07, 6.45) is 3.33. The Hall–Kier alpha value is -2.06. The van der Waals surface area contributed by atoms with Crippen LogP contribution in [0.4, 0.5) is 0 Å². The van der Waals surface area contributed by atoms with Crippen molar-refractivity contribution in [2.75, 3.05) is 39.9 Å². The van der Waals surface area contributed by atoms with Gasteiger partial charge in [0.25, 0.3) is 5.91 Å². The van der Waals surface area contributed by atoms with Crippen molar-refractivity contribution >= 4 is 11.8 Å². The van der Waals surface area contributed by atoms with Gasteiger partial charge < -0.3 is 19.3 Å². The minimum Gasteiger partial charge on any atom is -0.383 e. The van der Waals surface area contributed by atoms with Crippen LogP contribution in [0.25, 0.3) is 0 Å². The molecule has 8 nitrogen and oxygen atoms in total. The van der Waals surface area contributed by atoms with E-state index >= 15 is 0 Å². The molecule has 2 rings (SSSR count). The zero-order valence-corrected chi connectivity index (χ0v) is 16.0. The quantitative estimate of drug-likeness (QED) is 0.715. The number of hydrogen-bond donors (Lipinski definition) is 0. The van der Waals surface area contributed by atoms with Crippen LogP contribution in [-0.2, 0) is 14.3 Å². The number of methoxy groups -OCH3 is 1. The highest BCUT2D eigenvalue weighted by molar-refractivity contribution is 5.92. The number of amides is 2. The third-order valence-corrected chi connectivity index (χ3v) is 4.22. The van der Waals surface area contributed by atoms with Crippen molar-refractivity contribution in [3.8, 4) is 0 Å². The Kier molecular flexibility index (Phi) is 7.47. The van der Waals surface area contributed by atoms with Crippen molar-refractivity contribution in [3.05, 3.63) is 23.8 Å². The molecule has 2 heterocycles. The molecule has 8 heteroatoms. The van der Waals surface area contributed by atoms with Crippen molar-refractivity contribution in [3.63, 3.8) is 0 Å². The Morgan fingerprint density at radius 1 is 1.23 bits per heavy atom. The molecule has 1 aliphatic rings. The molecule has 1 fully saturated rings. The maximum absolute atomic E-state index is 12.7. The summed E-state index contributed by atoms with van der Waals surface area (Å²) in [6.45, 7) is 8.00. The Labute approximate surface area is 154 Å². The number of rotatable bonds is 7. The molecule has 0 N–H and O–H groups in total. The first-order valence-electron chi connectivity index (χ1n) is 8.90. The van der Waals surface area contributed by atoms with E-state index in [0.717, 1.165) is 5.69 Å². The monoisotopic (exact) mass is 364 g/mol. The first-order valence-corrected chi connectivity index (χ1v) is 8.90. The molecule has 0 saturated carbocycles. The molecule has 1 aliphatic heterocycles. The minimum absolute atomic E-state index is 0.0248. The highest BCUT2D eigenvalue weighted by atomic mass is 16.5. The lowest BCUT2D eigenvalue weighted by Crippen LogP contribution is -2.49. The van der Waals surface area contributed by atoms with E-state index in [9.17, 15) is 9.59 Å². The summed E-state index contributed by atoms with van der Waals surface area (Å²) in [5, 5.41) is 0. The summed E-state index contributed by atoms with van der Waals surface area (Å²) < 4.78 is 10.7. The third kappa shape index (κ3) is 5.74. The molecule has 2 atom stereocenters. The van der Waals surface area contributed by atoms with Crippen LogP contribution in [0.1, 0.15) is 36.5 Å². The lowest BCUT2D eigenvalue weighted by molar-refractivity contribution is -0.143. The van der Waals surface area contributed by atoms with E-state index in [0.29, 0.717) is 32.8 Å². The van der Waals surface area contributed by atoms with Crippen LogP contribution in [0.5, 0.6) is 0 Å². The molecule has 26 heavy (non-hydrogen) atoms. The highest BCUT2D eigenvalue weighted by Crippen LogP contribution is 2.12. The molecular weight excluding hydrogens is 336 g/mol. The second-order valence-corrected chi connectivity index (χ2v) is 6.63. The van der Waals surface area contributed by atoms with E-state index in [4.69, 9.17) is 9.47 Å². The van der Waals surface area contributed by atoms with Gasteiger partial charge in [-0.15, -0.1) is 0 Å². The maximum atomic E-state index is 12.7. The fourth-order valence-electron chi connectivity index (χ4n) is 2.95. The largest absolute Gasteiger partial charge is 0.383 e. The fraction of sp³-hybridized carbons (Fsp3) is 0.667. The second-order valence-electron chi connectivity index (χ2n) is 6.63. The summed E-state index contributed by atoms with van der Waals surface area (Å²) in [5.74, 6) is -0.219. The average molecular weight is 364 g/mol. The summed E-state index contributed by atoms with van der Waals surface area (Å²) >= 11 is 0. The van der Waals surface area contributed by atoms with Crippen LogP contribution in [0, 0.1) is 6.92 Å². The molecule has 0 aromatic carbocycles. The number of carbonyl (C=O) groups is 2. The summed E-state index contributed by atoms with van der Waals surface area (Å²) in [5.41, 5.74) is 1.02. The van der Waals surface area contributed by atoms with Gasteiger partial charge in [-0.1, -0.05) is 0 Å². The molecule has 1 saturated heterocycles. The average Bonchev–Trinajstić information content (AvgIpc) is 2.61. The molecular formula is C18H28N4O4. The van der Waals surface area contributed by atoms with Gasteiger partial charge in [-0.25, -0.2) is 4.98 Å². The highest BCUT2D eigenvalue weighted by Gasteiger charge is 2.26. The molecule has 144 valence electrons. The summed E-state index contributed by atoms with van der Waals surface area (Å²) in [6, 6.07) is 0. The van der Waals surface area contributed by atoms with Crippen molar-refractivity contribution in [1.29, 1.82) is 0 Å². The Bertz CT molecular complexity index is 598. The van der Waals surface area contributed by atoms with Crippen LogP contribution >= 0.6 is 0 Å². The van der Waals surface area contributed by atoms with Gasteiger partial charge in [0.05, 0.1) is 30.7 Å². The van der Waals surface area contributed by atoms with Crippen molar-refractivity contribution < 1.29 is 19.1 Å². The van der Waals surface area contributed by atoms with Crippen molar-refractivity contribution in [2.24, 2.45) is 0 Å². The maximum Gasteiger partial charge on any atom is 0.274 e. The van der Waals surface area contributed by atoms with Gasteiger partial charge in [0.15, 0.2) is 0 Å². The molecule has 0 bridgehead atoms. The van der Waals surface area contributed by atoms with E-state index < -0.39 is 0 Å². The predicted molar refractivity (Wildman–Crippen MR) is 95.8 cm³/mol. The van der Waals surface area contributed by atoms with Crippen LogP contribution in [0.3, 0.4) is 0 Å². The van der Waals surface area contributed by atoms with Gasteiger partial charge in [-0.2, -0.15) is 0 Å². The van der Waals surface area contributed by atoms with Crippen LogP contribution < -0.4 is 0 Å². The predicted octanol–water partition coefficient (Wildman–Crippen LogP) is 0.900. The van der Waals surface area contributed by atoms with Crippen LogP contribution in [0.2, 0.25) is 0 Å². The van der Waals surface area contributed by atoms with Crippen LogP contribution in [0.15, 0.2) is 12.4 Å². The first-order chi connectivity index (χ1) is 12.4. The Morgan fingerprint density at radius 3 is 2.50 bits per heavy atom. The number of aryl methyl sites for hydroxylation is 1. The lowest BCUT2D eigenvalue weighted by Gasteiger charge is -2.35. The third-order valence-electron chi connectivity index (χ3n) is 4.22. The van der Waals surface area contributed by atoms with E-state index in [1.165, 1.54) is 6.20 Å². The zero-order valence-electron chi connectivity index (χ0n) is 16.0. The van der Waals surface area contributed by atoms with Gasteiger partial charge >= 0.3 is 0 Å². The minimum atomic E-state index is -0.244. The summed E-state index contributed by atoms with van der Waals surface area (Å²) in [7, 11) is 1.58. The molecule has 0 radical (unpaired) electrons. The number of morpholine rings is 1. The molecule has 0 aliphatic carbocycles. The molecule has 0 spiro atoms. The number of ether oxygens (including phenoxy) is 2. The van der Waals surface area contributed by atoms with Gasteiger partial charge in [0, 0.05) is 45.9 Å². The van der Waals surface area contributed by atoms with Gasteiger partial charge in [-0.05, 0) is 20.8 Å². The van der Waals surface area contributed by atoms with Crippen LogP contribution in [-0.4, -0.2) is 83.7 Å². The molecule has 2 amide bonds. The summed E-state index contributed by atoms with van der Waals surface area (Å²) in [4.78, 5) is 36.9. The smallest absolute Gasteiger partial charge is 0.274 e. The standard InChI is InChI=1S/C18H28N4O4/c1-13-9-20-16(10-19-13)18(24)21(7-8-25-4)6-5-17(23)22-11-14(2)26-15(3)12-22/h9-10,14-15H,5-8,11-12H2,1-4H3. The number of carbonyl (C=O) groups excluding carboxylic acids is 2. The van der Waals surface area contributed by atoms with Crippen molar-refractivity contribution in [2.45, 2.75) is 39.4 Å². The van der Waals surface area contributed by atoms with E-state index in [-0.39, 0.29) is 36.1 Å². The molecule has 1 aromatic heterocycles. The number of hydrogen-bond acceptors (Lipinski definition) is 6. The SMILES string of the molecule is COCCN(CCC(=O)N1CC(C)OC(C)C1)C(=O)c1cnc(C)cn1. The van der Waals surface area contributed by atoms with E-state index in [1.54, 1.807) is 18.2 Å².